The fraction of sp³-hybridized carbons (Fsp3) is 0.333. The molecule has 2 heteroatoms. The van der Waals surface area contributed by atoms with Crippen LogP contribution in [0.25, 0.3) is 0 Å². The van der Waals surface area contributed by atoms with Gasteiger partial charge in [0.05, 0.1) is 0 Å². The van der Waals surface area contributed by atoms with Gasteiger partial charge in [-0.15, -0.1) is 0 Å². The van der Waals surface area contributed by atoms with E-state index in [4.69, 9.17) is 5.73 Å². The second-order valence-corrected chi connectivity index (χ2v) is 1.27. The Balaban J connectivity index is 0. The predicted octanol–water partition coefficient (Wildman–Crippen LogP) is 0.957. The Labute approximate surface area is 50.9 Å². The zero-order valence-corrected chi connectivity index (χ0v) is 5.52. The first kappa shape index (κ1) is 10.1. The fourth-order valence-electron chi connectivity index (χ4n) is 0. The highest BCUT2D eigenvalue weighted by molar-refractivity contribution is 4.86. The molecule has 0 heterocycles. The van der Waals surface area contributed by atoms with Gasteiger partial charge in [0.2, 0.25) is 0 Å². The topological polar surface area (TPSA) is 52.0 Å². The molecule has 0 aromatic carbocycles. The first-order valence-corrected chi connectivity index (χ1v) is 2.40. The smallest absolute Gasteiger partial charge is 0.000552 e. The van der Waals surface area contributed by atoms with Crippen molar-refractivity contribution in [2.45, 2.75) is 13.8 Å². The first-order valence-electron chi connectivity index (χ1n) is 2.40. The molecule has 8 heavy (non-hydrogen) atoms. The second-order valence-electron chi connectivity index (χ2n) is 1.27. The monoisotopic (exact) mass is 114 g/mol. The van der Waals surface area contributed by atoms with Gasteiger partial charge in [0.15, 0.2) is 0 Å². The minimum absolute atomic E-state index is 0.880. The minimum Gasteiger partial charge on any atom is -0.405 e. The molecule has 2 nitrogen and oxygen atoms in total. The van der Waals surface area contributed by atoms with Crippen LogP contribution in [0.4, 0.5) is 0 Å². The average molecular weight is 114 g/mol. The van der Waals surface area contributed by atoms with E-state index in [0.717, 1.165) is 5.70 Å². The Kier molecular flexibility index (Phi) is 11.9. The molecule has 0 aliphatic rings. The van der Waals surface area contributed by atoms with Gasteiger partial charge in [-0.25, -0.2) is 0 Å². The summed E-state index contributed by atoms with van der Waals surface area (Å²) >= 11 is 0. The summed E-state index contributed by atoms with van der Waals surface area (Å²) in [6.45, 7) is 6.91. The SMILES string of the molecule is C/C=C(/C)N.C=CN. The lowest BCUT2D eigenvalue weighted by atomic mass is 10.5. The van der Waals surface area contributed by atoms with Crippen molar-refractivity contribution in [2.75, 3.05) is 0 Å². The molecule has 4 N–H and O–H groups in total. The van der Waals surface area contributed by atoms with Gasteiger partial charge in [-0.05, 0) is 20.0 Å². The summed E-state index contributed by atoms with van der Waals surface area (Å²) in [6, 6.07) is 0. The summed E-state index contributed by atoms with van der Waals surface area (Å²) in [7, 11) is 0. The van der Waals surface area contributed by atoms with Crippen LogP contribution >= 0.6 is 0 Å². The third-order valence-electron chi connectivity index (χ3n) is 0.455. The summed E-state index contributed by atoms with van der Waals surface area (Å²) in [5.74, 6) is 0. The van der Waals surface area contributed by atoms with Gasteiger partial charge in [0.1, 0.15) is 0 Å². The van der Waals surface area contributed by atoms with E-state index in [0.29, 0.717) is 0 Å². The maximum atomic E-state index is 5.15. The van der Waals surface area contributed by atoms with Crippen molar-refractivity contribution < 1.29 is 0 Å². The quantitative estimate of drug-likeness (QED) is 0.492. The number of rotatable bonds is 0. The Morgan fingerprint density at radius 1 is 1.62 bits per heavy atom. The Bertz CT molecular complexity index is 70.6. The summed E-state index contributed by atoms with van der Waals surface area (Å²) in [4.78, 5) is 0. The van der Waals surface area contributed by atoms with Crippen LogP contribution in [0.15, 0.2) is 24.6 Å². The minimum atomic E-state index is 0.880. The molecule has 0 atom stereocenters. The van der Waals surface area contributed by atoms with Crippen molar-refractivity contribution >= 4 is 0 Å². The molecular weight excluding hydrogens is 100 g/mol. The van der Waals surface area contributed by atoms with Crippen LogP contribution in [0.5, 0.6) is 0 Å². The van der Waals surface area contributed by atoms with Gasteiger partial charge in [-0.2, -0.15) is 0 Å². The van der Waals surface area contributed by atoms with Crippen LogP contribution in [-0.2, 0) is 0 Å². The number of allylic oxidation sites excluding steroid dienone is 2. The molecular formula is C6H14N2. The van der Waals surface area contributed by atoms with Crippen LogP contribution < -0.4 is 11.5 Å². The molecule has 0 fully saturated rings. The number of nitrogens with two attached hydrogens (primary N) is 2. The lowest BCUT2D eigenvalue weighted by molar-refractivity contribution is 1.29. The molecule has 0 amide bonds. The summed E-state index contributed by atoms with van der Waals surface area (Å²) < 4.78 is 0. The second kappa shape index (κ2) is 9.43. The van der Waals surface area contributed by atoms with Crippen LogP contribution in [0, 0.1) is 0 Å². The van der Waals surface area contributed by atoms with Crippen molar-refractivity contribution in [3.05, 3.63) is 24.6 Å². The zero-order valence-electron chi connectivity index (χ0n) is 5.52. The molecule has 0 saturated heterocycles. The molecule has 0 aromatic heterocycles. The van der Waals surface area contributed by atoms with Gasteiger partial charge < -0.3 is 11.5 Å². The van der Waals surface area contributed by atoms with E-state index < -0.39 is 0 Å². The van der Waals surface area contributed by atoms with Crippen molar-refractivity contribution in [2.24, 2.45) is 11.5 Å². The molecule has 0 radical (unpaired) electrons. The Morgan fingerprint density at radius 3 is 1.75 bits per heavy atom. The molecule has 48 valence electrons. The van der Waals surface area contributed by atoms with Crippen LogP contribution in [0.1, 0.15) is 13.8 Å². The fourth-order valence-corrected chi connectivity index (χ4v) is 0. The highest BCUT2D eigenvalue weighted by Crippen LogP contribution is 1.71. The average Bonchev–Trinajstić information content (AvgIpc) is 1.69. The lowest BCUT2D eigenvalue weighted by Crippen LogP contribution is -1.86. The van der Waals surface area contributed by atoms with E-state index in [2.05, 4.69) is 12.3 Å². The molecule has 0 aliphatic carbocycles. The largest absolute Gasteiger partial charge is 0.405 e. The third-order valence-corrected chi connectivity index (χ3v) is 0.455. The van der Waals surface area contributed by atoms with Gasteiger partial charge >= 0.3 is 0 Å². The van der Waals surface area contributed by atoms with Crippen LogP contribution in [-0.4, -0.2) is 0 Å². The first-order chi connectivity index (χ1) is 3.68. The molecule has 0 rings (SSSR count). The maximum Gasteiger partial charge on any atom is 0.000552 e. The predicted molar refractivity (Wildman–Crippen MR) is 38.0 cm³/mol. The van der Waals surface area contributed by atoms with E-state index in [9.17, 15) is 0 Å². The van der Waals surface area contributed by atoms with E-state index in [1.54, 1.807) is 0 Å². The normalized spacial score (nSPS) is 9.00. The van der Waals surface area contributed by atoms with Gasteiger partial charge in [-0.3, -0.25) is 0 Å². The van der Waals surface area contributed by atoms with Crippen LogP contribution in [0.3, 0.4) is 0 Å². The standard InChI is InChI=1S/C4H9N.C2H5N/c1-3-4(2)5;1-2-3/h3H,5H2,1-2H3;2H,1,3H2/b4-3-;. The number of hydrogen-bond donors (Lipinski definition) is 2. The van der Waals surface area contributed by atoms with Gasteiger partial charge in [0, 0.05) is 5.70 Å². The van der Waals surface area contributed by atoms with E-state index in [1.165, 1.54) is 6.20 Å². The van der Waals surface area contributed by atoms with Crippen molar-refractivity contribution in [1.29, 1.82) is 0 Å². The van der Waals surface area contributed by atoms with Crippen molar-refractivity contribution in [1.82, 2.24) is 0 Å². The maximum absolute atomic E-state index is 5.15. The Morgan fingerprint density at radius 2 is 1.75 bits per heavy atom. The summed E-state index contributed by atoms with van der Waals surface area (Å²) in [5.41, 5.74) is 10.6. The van der Waals surface area contributed by atoms with Crippen molar-refractivity contribution in [3.63, 3.8) is 0 Å². The van der Waals surface area contributed by atoms with E-state index >= 15 is 0 Å². The summed E-state index contributed by atoms with van der Waals surface area (Å²) in [6.07, 6.45) is 3.11. The highest BCUT2D eigenvalue weighted by atomic mass is 14.5. The van der Waals surface area contributed by atoms with Gasteiger partial charge in [0.25, 0.3) is 0 Å². The Hall–Kier alpha value is -0.920. The molecule has 0 bridgehead atoms. The van der Waals surface area contributed by atoms with Crippen LogP contribution in [0.2, 0.25) is 0 Å². The van der Waals surface area contributed by atoms with Crippen molar-refractivity contribution in [3.8, 4) is 0 Å². The highest BCUT2D eigenvalue weighted by Gasteiger charge is 1.60. The zero-order chi connectivity index (χ0) is 6.99. The van der Waals surface area contributed by atoms with Gasteiger partial charge in [-0.1, -0.05) is 12.7 Å². The molecule has 0 aliphatic heterocycles. The third kappa shape index (κ3) is 72.5. The number of hydrogen-bond acceptors (Lipinski definition) is 2. The molecule has 0 spiro atoms. The van der Waals surface area contributed by atoms with E-state index in [-0.39, 0.29) is 0 Å². The molecule has 0 saturated carbocycles. The summed E-state index contributed by atoms with van der Waals surface area (Å²) in [5, 5.41) is 0. The molecule has 0 aromatic rings. The molecule has 0 unspecified atom stereocenters. The van der Waals surface area contributed by atoms with E-state index in [1.807, 2.05) is 19.9 Å². The lowest BCUT2D eigenvalue weighted by Gasteiger charge is -1.76.